The van der Waals surface area contributed by atoms with E-state index in [0.717, 1.165) is 12.8 Å². The van der Waals surface area contributed by atoms with Crippen molar-refractivity contribution in [2.24, 2.45) is 10.8 Å². The normalized spacial score (nSPS) is 13.6. The molecule has 1 rings (SSSR count). The van der Waals surface area contributed by atoms with E-state index in [1.165, 1.54) is 0 Å². The average molecular weight is 450 g/mol. The first-order valence-corrected chi connectivity index (χ1v) is 11.6. The first-order valence-electron chi connectivity index (χ1n) is 11.6. The van der Waals surface area contributed by atoms with Gasteiger partial charge in [-0.25, -0.2) is 0 Å². The molecule has 0 heterocycles. The fourth-order valence-electron chi connectivity index (χ4n) is 3.35. The summed E-state index contributed by atoms with van der Waals surface area (Å²) in [5.74, 6) is -0.456. The van der Waals surface area contributed by atoms with Crippen LogP contribution in [0.5, 0.6) is 11.5 Å². The lowest BCUT2D eigenvalue weighted by atomic mass is 9.88. The summed E-state index contributed by atoms with van der Waals surface area (Å²) in [6.07, 6.45) is 2.23. The van der Waals surface area contributed by atoms with Gasteiger partial charge in [0, 0.05) is 12.1 Å². The van der Waals surface area contributed by atoms with Crippen molar-refractivity contribution in [3.8, 4) is 11.5 Å². The monoisotopic (exact) mass is 449 g/mol. The number of nitrogens with one attached hydrogen (secondary N) is 1. The molecule has 0 saturated carbocycles. The van der Waals surface area contributed by atoms with Gasteiger partial charge in [-0.05, 0) is 79.0 Å². The Kier molecular flexibility index (Phi) is 9.91. The van der Waals surface area contributed by atoms with Crippen LogP contribution in [0, 0.1) is 10.8 Å². The quantitative estimate of drug-likeness (QED) is 0.339. The van der Waals surface area contributed by atoms with Gasteiger partial charge in [-0.2, -0.15) is 0 Å². The minimum absolute atomic E-state index is 0.145. The number of benzene rings is 1. The van der Waals surface area contributed by atoms with Gasteiger partial charge in [0.25, 0.3) is 0 Å². The van der Waals surface area contributed by atoms with Gasteiger partial charge in [0.2, 0.25) is 0 Å². The number of hydrogen-bond donors (Lipinski definition) is 2. The van der Waals surface area contributed by atoms with Crippen LogP contribution >= 0.6 is 0 Å². The van der Waals surface area contributed by atoms with Crippen molar-refractivity contribution in [1.82, 2.24) is 5.32 Å². The number of β-amino-alcohol motifs (C(OH)–C–C–N with tert-alkyl or cyclic N) is 1. The molecule has 0 fully saturated rings. The SMILES string of the molecule is CCCC(C)(C)C(=O)Oc1ccc([C@@H](O)CNC(C)(C)C)cc1OC(=O)C(C)(C)CCC. The molecule has 0 unspecified atom stereocenters. The van der Waals surface area contributed by atoms with E-state index < -0.39 is 22.9 Å². The van der Waals surface area contributed by atoms with E-state index in [4.69, 9.17) is 9.47 Å². The lowest BCUT2D eigenvalue weighted by Gasteiger charge is -2.25. The Morgan fingerprint density at radius 1 is 0.875 bits per heavy atom. The lowest BCUT2D eigenvalue weighted by Crippen LogP contribution is -2.38. The Morgan fingerprint density at radius 3 is 1.78 bits per heavy atom. The molecule has 0 aromatic heterocycles. The Balaban J connectivity index is 3.25. The highest BCUT2D eigenvalue weighted by Gasteiger charge is 2.32. The number of ether oxygens (including phenoxy) is 2. The lowest BCUT2D eigenvalue weighted by molar-refractivity contribution is -0.147. The van der Waals surface area contributed by atoms with Crippen LogP contribution in [0.2, 0.25) is 0 Å². The number of aliphatic hydroxyl groups is 1. The molecule has 6 heteroatoms. The summed E-state index contributed by atoms with van der Waals surface area (Å²) in [7, 11) is 0. The van der Waals surface area contributed by atoms with Crippen LogP contribution in [0.3, 0.4) is 0 Å². The van der Waals surface area contributed by atoms with Gasteiger partial charge in [-0.1, -0.05) is 32.8 Å². The number of carbonyl (C=O) groups excluding carboxylic acids is 2. The van der Waals surface area contributed by atoms with Crippen molar-refractivity contribution in [3.63, 3.8) is 0 Å². The highest BCUT2D eigenvalue weighted by atomic mass is 16.6. The molecule has 1 aromatic carbocycles. The molecule has 0 aliphatic heterocycles. The highest BCUT2D eigenvalue weighted by Crippen LogP contribution is 2.35. The van der Waals surface area contributed by atoms with E-state index in [9.17, 15) is 14.7 Å². The van der Waals surface area contributed by atoms with E-state index in [0.29, 0.717) is 24.9 Å². The Labute approximate surface area is 194 Å². The standard InChI is InChI=1S/C26H43NO5/c1-10-14-25(6,7)22(29)31-20-13-12-18(19(28)17-27-24(3,4)5)16-21(20)32-23(30)26(8,9)15-11-2/h12-13,16,19,27-28H,10-11,14-15,17H2,1-9H3/t19-/m0/s1. The first kappa shape index (κ1) is 28.1. The molecule has 32 heavy (non-hydrogen) atoms. The van der Waals surface area contributed by atoms with Gasteiger partial charge in [-0.15, -0.1) is 0 Å². The molecule has 1 aromatic rings. The van der Waals surface area contributed by atoms with Crippen molar-refractivity contribution in [3.05, 3.63) is 23.8 Å². The third kappa shape index (κ3) is 8.55. The zero-order valence-electron chi connectivity index (χ0n) is 21.4. The van der Waals surface area contributed by atoms with Crippen LogP contribution in [0.1, 0.15) is 99.7 Å². The van der Waals surface area contributed by atoms with Gasteiger partial charge in [0.05, 0.1) is 16.9 Å². The minimum Gasteiger partial charge on any atom is -0.422 e. The molecule has 0 aliphatic carbocycles. The molecule has 0 amide bonds. The molecule has 1 atom stereocenters. The summed E-state index contributed by atoms with van der Waals surface area (Å²) >= 11 is 0. The summed E-state index contributed by atoms with van der Waals surface area (Å²) in [5.41, 5.74) is -0.919. The zero-order chi connectivity index (χ0) is 24.7. The Bertz CT molecular complexity index is 777. The fourth-order valence-corrected chi connectivity index (χ4v) is 3.35. The summed E-state index contributed by atoms with van der Waals surface area (Å²) < 4.78 is 11.4. The molecule has 0 aliphatic rings. The molecule has 2 N–H and O–H groups in total. The zero-order valence-corrected chi connectivity index (χ0v) is 21.4. The van der Waals surface area contributed by atoms with Gasteiger partial charge in [-0.3, -0.25) is 9.59 Å². The van der Waals surface area contributed by atoms with E-state index in [-0.39, 0.29) is 23.0 Å². The molecule has 0 saturated heterocycles. The van der Waals surface area contributed by atoms with Gasteiger partial charge in [0.1, 0.15) is 0 Å². The molecular weight excluding hydrogens is 406 g/mol. The van der Waals surface area contributed by atoms with E-state index in [1.807, 2.05) is 62.3 Å². The van der Waals surface area contributed by atoms with Crippen LogP contribution in [0.4, 0.5) is 0 Å². The Morgan fingerprint density at radius 2 is 1.34 bits per heavy atom. The van der Waals surface area contributed by atoms with Crippen molar-refractivity contribution in [1.29, 1.82) is 0 Å². The summed E-state index contributed by atoms with van der Waals surface area (Å²) in [6.45, 7) is 17.8. The average Bonchev–Trinajstić information content (AvgIpc) is 2.66. The molecule has 0 spiro atoms. The van der Waals surface area contributed by atoms with Crippen molar-refractivity contribution in [2.75, 3.05) is 6.54 Å². The van der Waals surface area contributed by atoms with Crippen molar-refractivity contribution < 1.29 is 24.2 Å². The molecule has 6 nitrogen and oxygen atoms in total. The van der Waals surface area contributed by atoms with Crippen LogP contribution in [-0.4, -0.2) is 29.1 Å². The van der Waals surface area contributed by atoms with Crippen LogP contribution in [0.25, 0.3) is 0 Å². The predicted octanol–water partition coefficient (Wildman–Crippen LogP) is 5.57. The van der Waals surface area contributed by atoms with E-state index in [2.05, 4.69) is 5.32 Å². The van der Waals surface area contributed by atoms with Gasteiger partial charge < -0.3 is 19.9 Å². The Hall–Kier alpha value is -1.92. The number of aliphatic hydroxyl groups excluding tert-OH is 1. The molecular formula is C26H43NO5. The second-order valence-corrected chi connectivity index (χ2v) is 10.9. The maximum absolute atomic E-state index is 12.9. The predicted molar refractivity (Wildman–Crippen MR) is 128 cm³/mol. The van der Waals surface area contributed by atoms with Crippen LogP contribution < -0.4 is 14.8 Å². The van der Waals surface area contributed by atoms with E-state index >= 15 is 0 Å². The van der Waals surface area contributed by atoms with Crippen LogP contribution in [0.15, 0.2) is 18.2 Å². The maximum atomic E-state index is 12.9. The highest BCUT2D eigenvalue weighted by molar-refractivity contribution is 5.81. The third-order valence-corrected chi connectivity index (χ3v) is 5.44. The topological polar surface area (TPSA) is 84.9 Å². The van der Waals surface area contributed by atoms with Crippen molar-refractivity contribution in [2.45, 2.75) is 99.6 Å². The molecule has 182 valence electrons. The largest absolute Gasteiger partial charge is 0.422 e. The second kappa shape index (κ2) is 11.3. The smallest absolute Gasteiger partial charge is 0.317 e. The van der Waals surface area contributed by atoms with Gasteiger partial charge in [0.15, 0.2) is 11.5 Å². The molecule has 0 radical (unpaired) electrons. The first-order chi connectivity index (χ1) is 14.6. The number of rotatable bonds is 11. The fraction of sp³-hybridized carbons (Fsp3) is 0.692. The van der Waals surface area contributed by atoms with Crippen molar-refractivity contribution >= 4 is 11.9 Å². The maximum Gasteiger partial charge on any atom is 0.317 e. The van der Waals surface area contributed by atoms with E-state index in [1.54, 1.807) is 18.2 Å². The number of hydrogen-bond acceptors (Lipinski definition) is 6. The summed E-state index contributed by atoms with van der Waals surface area (Å²) in [4.78, 5) is 25.6. The number of carbonyl (C=O) groups is 2. The van der Waals surface area contributed by atoms with Crippen LogP contribution in [-0.2, 0) is 9.59 Å². The minimum atomic E-state index is -0.809. The number of esters is 2. The molecule has 0 bridgehead atoms. The second-order valence-electron chi connectivity index (χ2n) is 10.9. The third-order valence-electron chi connectivity index (χ3n) is 5.44. The summed E-state index contributed by atoms with van der Waals surface area (Å²) in [5, 5.41) is 13.9. The van der Waals surface area contributed by atoms with Gasteiger partial charge >= 0.3 is 11.9 Å². The summed E-state index contributed by atoms with van der Waals surface area (Å²) in [6, 6.07) is 4.87.